The van der Waals surface area contributed by atoms with Crippen molar-refractivity contribution in [2.75, 3.05) is 13.2 Å². The molecule has 102 valence electrons. The van der Waals surface area contributed by atoms with Gasteiger partial charge in [0.15, 0.2) is 0 Å². The first kappa shape index (κ1) is 16.4. The average molecular weight is 244 g/mol. The maximum absolute atomic E-state index is 11.5. The SMILES string of the molecule is CC(C)CONC(=O)CCC(CCN)C(C)C. The first-order valence-electron chi connectivity index (χ1n) is 6.58. The average Bonchev–Trinajstić information content (AvgIpc) is 2.23. The second kappa shape index (κ2) is 9.42. The number of rotatable bonds is 9. The highest BCUT2D eigenvalue weighted by Crippen LogP contribution is 2.20. The molecule has 0 aromatic heterocycles. The third-order valence-electron chi connectivity index (χ3n) is 2.83. The highest BCUT2D eigenvalue weighted by atomic mass is 16.6. The van der Waals surface area contributed by atoms with Crippen molar-refractivity contribution in [3.8, 4) is 0 Å². The van der Waals surface area contributed by atoms with Gasteiger partial charge in [0.2, 0.25) is 5.91 Å². The molecule has 0 radical (unpaired) electrons. The van der Waals surface area contributed by atoms with Crippen molar-refractivity contribution in [1.82, 2.24) is 5.48 Å². The smallest absolute Gasteiger partial charge is 0.243 e. The van der Waals surface area contributed by atoms with Gasteiger partial charge in [0.05, 0.1) is 6.61 Å². The molecule has 0 spiro atoms. The van der Waals surface area contributed by atoms with E-state index in [4.69, 9.17) is 10.6 Å². The number of hydrogen-bond acceptors (Lipinski definition) is 3. The summed E-state index contributed by atoms with van der Waals surface area (Å²) in [5, 5.41) is 0. The van der Waals surface area contributed by atoms with E-state index in [9.17, 15) is 4.79 Å². The van der Waals surface area contributed by atoms with Gasteiger partial charge in [0, 0.05) is 6.42 Å². The minimum Gasteiger partial charge on any atom is -0.330 e. The number of amides is 1. The molecule has 0 rings (SSSR count). The van der Waals surface area contributed by atoms with Gasteiger partial charge < -0.3 is 5.73 Å². The molecular weight excluding hydrogens is 216 g/mol. The lowest BCUT2D eigenvalue weighted by atomic mass is 9.88. The molecule has 0 aromatic rings. The molecule has 4 nitrogen and oxygen atoms in total. The molecular formula is C13H28N2O2. The van der Waals surface area contributed by atoms with Gasteiger partial charge in [0.25, 0.3) is 0 Å². The highest BCUT2D eigenvalue weighted by molar-refractivity contribution is 5.74. The standard InChI is InChI=1S/C13H28N2O2/c1-10(2)9-17-15-13(16)6-5-12(7-8-14)11(3)4/h10-12H,5-9,14H2,1-4H3,(H,15,16). The third kappa shape index (κ3) is 9.12. The molecule has 17 heavy (non-hydrogen) atoms. The van der Waals surface area contributed by atoms with Gasteiger partial charge in [-0.3, -0.25) is 9.63 Å². The van der Waals surface area contributed by atoms with Crippen LogP contribution in [-0.2, 0) is 9.63 Å². The third-order valence-corrected chi connectivity index (χ3v) is 2.83. The largest absolute Gasteiger partial charge is 0.330 e. The normalized spacial score (nSPS) is 13.1. The van der Waals surface area contributed by atoms with Crippen LogP contribution < -0.4 is 11.2 Å². The monoisotopic (exact) mass is 244 g/mol. The van der Waals surface area contributed by atoms with Gasteiger partial charge in [-0.1, -0.05) is 27.7 Å². The summed E-state index contributed by atoms with van der Waals surface area (Å²) < 4.78 is 0. The van der Waals surface area contributed by atoms with E-state index < -0.39 is 0 Å². The Morgan fingerprint density at radius 1 is 1.24 bits per heavy atom. The van der Waals surface area contributed by atoms with E-state index in [1.54, 1.807) is 0 Å². The Labute approximate surface area is 105 Å². The summed E-state index contributed by atoms with van der Waals surface area (Å²) in [6, 6.07) is 0. The molecule has 1 amide bonds. The summed E-state index contributed by atoms with van der Waals surface area (Å²) in [5.41, 5.74) is 8.04. The molecule has 0 saturated heterocycles. The summed E-state index contributed by atoms with van der Waals surface area (Å²) in [4.78, 5) is 16.6. The Morgan fingerprint density at radius 3 is 2.35 bits per heavy atom. The van der Waals surface area contributed by atoms with Crippen molar-refractivity contribution in [1.29, 1.82) is 0 Å². The van der Waals surface area contributed by atoms with Gasteiger partial charge in [-0.25, -0.2) is 5.48 Å². The maximum atomic E-state index is 11.5. The number of carbonyl (C=O) groups excluding carboxylic acids is 1. The lowest BCUT2D eigenvalue weighted by molar-refractivity contribution is -0.134. The first-order chi connectivity index (χ1) is 7.97. The van der Waals surface area contributed by atoms with Crippen LogP contribution in [0.1, 0.15) is 47.0 Å². The van der Waals surface area contributed by atoms with E-state index in [1.165, 1.54) is 0 Å². The zero-order chi connectivity index (χ0) is 13.3. The summed E-state index contributed by atoms with van der Waals surface area (Å²) in [6.45, 7) is 9.68. The van der Waals surface area contributed by atoms with Crippen LogP contribution in [0, 0.1) is 17.8 Å². The zero-order valence-corrected chi connectivity index (χ0v) is 11.7. The van der Waals surface area contributed by atoms with Crippen LogP contribution in [0.25, 0.3) is 0 Å². The van der Waals surface area contributed by atoms with E-state index in [0.717, 1.165) is 12.8 Å². The van der Waals surface area contributed by atoms with Crippen LogP contribution in [0.4, 0.5) is 0 Å². The summed E-state index contributed by atoms with van der Waals surface area (Å²) >= 11 is 0. The Hall–Kier alpha value is -0.610. The van der Waals surface area contributed by atoms with Gasteiger partial charge in [0.1, 0.15) is 0 Å². The van der Waals surface area contributed by atoms with Crippen molar-refractivity contribution in [3.05, 3.63) is 0 Å². The van der Waals surface area contributed by atoms with Crippen molar-refractivity contribution >= 4 is 5.91 Å². The molecule has 0 aliphatic rings. The maximum Gasteiger partial charge on any atom is 0.243 e. The Bertz CT molecular complexity index is 206. The molecule has 0 saturated carbocycles. The fourth-order valence-corrected chi connectivity index (χ4v) is 1.68. The minimum atomic E-state index is -0.0340. The van der Waals surface area contributed by atoms with Crippen molar-refractivity contribution in [2.45, 2.75) is 47.0 Å². The molecule has 4 heteroatoms. The molecule has 0 aromatic carbocycles. The molecule has 0 aliphatic carbocycles. The Balaban J connectivity index is 3.72. The van der Waals surface area contributed by atoms with Crippen LogP contribution >= 0.6 is 0 Å². The summed E-state index contributed by atoms with van der Waals surface area (Å²) in [6.07, 6.45) is 2.38. The number of nitrogens with two attached hydrogens (primary N) is 1. The molecule has 1 atom stereocenters. The van der Waals surface area contributed by atoms with E-state index in [0.29, 0.717) is 37.3 Å². The minimum absolute atomic E-state index is 0.0340. The van der Waals surface area contributed by atoms with E-state index in [2.05, 4.69) is 19.3 Å². The van der Waals surface area contributed by atoms with E-state index >= 15 is 0 Å². The van der Waals surface area contributed by atoms with Crippen LogP contribution in [0.2, 0.25) is 0 Å². The number of carbonyl (C=O) groups is 1. The first-order valence-corrected chi connectivity index (χ1v) is 6.58. The van der Waals surface area contributed by atoms with Gasteiger partial charge in [-0.2, -0.15) is 0 Å². The van der Waals surface area contributed by atoms with Gasteiger partial charge in [-0.15, -0.1) is 0 Å². The highest BCUT2D eigenvalue weighted by Gasteiger charge is 2.14. The molecule has 1 unspecified atom stereocenters. The summed E-state index contributed by atoms with van der Waals surface area (Å²) in [5.74, 6) is 1.49. The molecule has 0 fully saturated rings. The predicted octanol–water partition coefficient (Wildman–Crippen LogP) is 2.09. The Morgan fingerprint density at radius 2 is 1.88 bits per heavy atom. The predicted molar refractivity (Wildman–Crippen MR) is 70.2 cm³/mol. The fourth-order valence-electron chi connectivity index (χ4n) is 1.68. The molecule has 0 aliphatic heterocycles. The van der Waals surface area contributed by atoms with Crippen molar-refractivity contribution < 1.29 is 9.63 Å². The van der Waals surface area contributed by atoms with Crippen LogP contribution in [0.3, 0.4) is 0 Å². The van der Waals surface area contributed by atoms with E-state index in [1.807, 2.05) is 13.8 Å². The van der Waals surface area contributed by atoms with Gasteiger partial charge in [-0.05, 0) is 37.1 Å². The fraction of sp³-hybridized carbons (Fsp3) is 0.923. The second-order valence-corrected chi connectivity index (χ2v) is 5.35. The zero-order valence-electron chi connectivity index (χ0n) is 11.7. The lowest BCUT2D eigenvalue weighted by Gasteiger charge is -2.19. The molecule has 0 bridgehead atoms. The summed E-state index contributed by atoms with van der Waals surface area (Å²) in [7, 11) is 0. The Kier molecular flexibility index (Phi) is 9.09. The number of hydrogen-bond donors (Lipinski definition) is 2. The quantitative estimate of drug-likeness (QED) is 0.610. The van der Waals surface area contributed by atoms with E-state index in [-0.39, 0.29) is 5.91 Å². The topological polar surface area (TPSA) is 64.3 Å². The van der Waals surface area contributed by atoms with Crippen molar-refractivity contribution in [3.63, 3.8) is 0 Å². The van der Waals surface area contributed by atoms with Crippen molar-refractivity contribution in [2.24, 2.45) is 23.5 Å². The molecule has 0 heterocycles. The number of nitrogens with one attached hydrogen (secondary N) is 1. The number of hydroxylamine groups is 1. The van der Waals surface area contributed by atoms with Gasteiger partial charge >= 0.3 is 0 Å². The molecule has 3 N–H and O–H groups in total. The second-order valence-electron chi connectivity index (χ2n) is 5.35. The lowest BCUT2D eigenvalue weighted by Crippen LogP contribution is -2.26. The van der Waals surface area contributed by atoms with Crippen LogP contribution in [0.15, 0.2) is 0 Å². The van der Waals surface area contributed by atoms with Crippen LogP contribution in [0.5, 0.6) is 0 Å². The van der Waals surface area contributed by atoms with Crippen LogP contribution in [-0.4, -0.2) is 19.1 Å².